The number of hydrogen-bond donors (Lipinski definition) is 1. The van der Waals surface area contributed by atoms with Crippen molar-refractivity contribution in [3.8, 4) is 0 Å². The van der Waals surface area contributed by atoms with Crippen LogP contribution in [0.25, 0.3) is 0 Å². The van der Waals surface area contributed by atoms with Crippen LogP contribution in [0.1, 0.15) is 24.0 Å². The fourth-order valence-electron chi connectivity index (χ4n) is 3.72. The number of piperidine rings is 1. The van der Waals surface area contributed by atoms with Crippen molar-refractivity contribution in [1.29, 1.82) is 0 Å². The quantitative estimate of drug-likeness (QED) is 0.798. The SMILES string of the molecule is O=C(NCc1ccc(CN2CCOCC2)cc1)C1CCN(CC(F)(F)F)CC1. The highest BCUT2D eigenvalue weighted by atomic mass is 19.4. The van der Waals surface area contributed by atoms with Crippen molar-refractivity contribution in [2.24, 2.45) is 5.92 Å². The molecule has 2 heterocycles. The molecule has 0 atom stereocenters. The van der Waals surface area contributed by atoms with Gasteiger partial charge in [-0.15, -0.1) is 0 Å². The highest BCUT2D eigenvalue weighted by Gasteiger charge is 2.33. The monoisotopic (exact) mass is 399 g/mol. The molecule has 0 aliphatic carbocycles. The number of morpholine rings is 1. The number of alkyl halides is 3. The maximum Gasteiger partial charge on any atom is 0.401 e. The minimum absolute atomic E-state index is 0.0657. The van der Waals surface area contributed by atoms with Gasteiger partial charge in [-0.2, -0.15) is 13.2 Å². The van der Waals surface area contributed by atoms with Crippen molar-refractivity contribution < 1.29 is 22.7 Å². The van der Waals surface area contributed by atoms with Gasteiger partial charge in [-0.25, -0.2) is 0 Å². The molecule has 3 rings (SSSR count). The molecule has 0 saturated carbocycles. The van der Waals surface area contributed by atoms with Crippen LogP contribution in [0.15, 0.2) is 24.3 Å². The molecule has 1 aromatic rings. The zero-order valence-electron chi connectivity index (χ0n) is 16.0. The lowest BCUT2D eigenvalue weighted by atomic mass is 9.96. The van der Waals surface area contributed by atoms with Gasteiger partial charge in [0.25, 0.3) is 0 Å². The minimum Gasteiger partial charge on any atom is -0.379 e. The zero-order valence-corrected chi connectivity index (χ0v) is 16.0. The highest BCUT2D eigenvalue weighted by molar-refractivity contribution is 5.78. The van der Waals surface area contributed by atoms with Crippen molar-refractivity contribution in [3.63, 3.8) is 0 Å². The van der Waals surface area contributed by atoms with Crippen LogP contribution < -0.4 is 5.32 Å². The van der Waals surface area contributed by atoms with Crippen molar-refractivity contribution in [2.45, 2.75) is 32.1 Å². The van der Waals surface area contributed by atoms with Gasteiger partial charge in [0.15, 0.2) is 0 Å². The summed E-state index contributed by atoms with van der Waals surface area (Å²) in [5.41, 5.74) is 2.25. The number of carbonyl (C=O) groups excluding carboxylic acids is 1. The van der Waals surface area contributed by atoms with Crippen molar-refractivity contribution >= 4 is 5.91 Å². The van der Waals surface area contributed by atoms with Crippen LogP contribution >= 0.6 is 0 Å². The third-order valence-corrected chi connectivity index (χ3v) is 5.36. The Morgan fingerprint density at radius 3 is 2.21 bits per heavy atom. The molecule has 156 valence electrons. The van der Waals surface area contributed by atoms with E-state index in [1.165, 1.54) is 10.5 Å². The summed E-state index contributed by atoms with van der Waals surface area (Å²) in [5.74, 6) is -0.269. The van der Waals surface area contributed by atoms with E-state index in [2.05, 4.69) is 22.3 Å². The van der Waals surface area contributed by atoms with E-state index >= 15 is 0 Å². The molecule has 0 radical (unpaired) electrons. The summed E-state index contributed by atoms with van der Waals surface area (Å²) >= 11 is 0. The summed E-state index contributed by atoms with van der Waals surface area (Å²) in [6, 6.07) is 8.18. The van der Waals surface area contributed by atoms with Crippen molar-refractivity contribution in [2.75, 3.05) is 45.9 Å². The maximum absolute atomic E-state index is 12.4. The molecule has 0 aromatic heterocycles. The Morgan fingerprint density at radius 1 is 1.00 bits per heavy atom. The first-order valence-electron chi connectivity index (χ1n) is 9.84. The number of carbonyl (C=O) groups is 1. The van der Waals surface area contributed by atoms with E-state index < -0.39 is 12.7 Å². The Labute approximate surface area is 163 Å². The lowest BCUT2D eigenvalue weighted by molar-refractivity contribution is -0.149. The molecule has 0 bridgehead atoms. The average Bonchev–Trinajstić information content (AvgIpc) is 2.67. The molecular weight excluding hydrogens is 371 g/mol. The average molecular weight is 399 g/mol. The number of benzene rings is 1. The summed E-state index contributed by atoms with van der Waals surface area (Å²) in [6.07, 6.45) is -3.23. The van der Waals surface area contributed by atoms with Gasteiger partial charge in [-0.1, -0.05) is 24.3 Å². The molecule has 8 heteroatoms. The summed E-state index contributed by atoms with van der Waals surface area (Å²) in [4.78, 5) is 16.0. The Kier molecular flexibility index (Phi) is 7.31. The second-order valence-corrected chi connectivity index (χ2v) is 7.59. The van der Waals surface area contributed by atoms with E-state index in [1.54, 1.807) is 0 Å². The zero-order chi connectivity index (χ0) is 20.0. The lowest BCUT2D eigenvalue weighted by Crippen LogP contribution is -2.43. The van der Waals surface area contributed by atoms with Gasteiger partial charge < -0.3 is 10.1 Å². The Morgan fingerprint density at radius 2 is 1.61 bits per heavy atom. The topological polar surface area (TPSA) is 44.8 Å². The molecule has 0 unspecified atom stereocenters. The predicted molar refractivity (Wildman–Crippen MR) is 99.6 cm³/mol. The number of ether oxygens (including phenoxy) is 1. The van der Waals surface area contributed by atoms with Gasteiger partial charge in [-0.05, 0) is 37.1 Å². The summed E-state index contributed by atoms with van der Waals surface area (Å²) < 4.78 is 42.7. The van der Waals surface area contributed by atoms with E-state index in [1.807, 2.05) is 12.1 Å². The van der Waals surface area contributed by atoms with Crippen LogP contribution in [-0.4, -0.2) is 67.8 Å². The van der Waals surface area contributed by atoms with Crippen LogP contribution in [0.2, 0.25) is 0 Å². The third kappa shape index (κ3) is 6.76. The van der Waals surface area contributed by atoms with E-state index in [4.69, 9.17) is 4.74 Å². The number of nitrogens with zero attached hydrogens (tertiary/aromatic N) is 2. The molecule has 2 aliphatic heterocycles. The Bertz CT molecular complexity index is 623. The van der Waals surface area contributed by atoms with Gasteiger partial charge in [0.2, 0.25) is 5.91 Å². The molecule has 0 spiro atoms. The smallest absolute Gasteiger partial charge is 0.379 e. The summed E-state index contributed by atoms with van der Waals surface area (Å²) in [7, 11) is 0. The van der Waals surface area contributed by atoms with E-state index in [0.29, 0.717) is 32.5 Å². The van der Waals surface area contributed by atoms with Crippen molar-refractivity contribution in [1.82, 2.24) is 15.1 Å². The van der Waals surface area contributed by atoms with E-state index in [0.717, 1.165) is 38.4 Å². The molecule has 2 saturated heterocycles. The maximum atomic E-state index is 12.4. The third-order valence-electron chi connectivity index (χ3n) is 5.36. The first-order valence-corrected chi connectivity index (χ1v) is 9.84. The summed E-state index contributed by atoms with van der Waals surface area (Å²) in [6.45, 7) is 4.52. The highest BCUT2D eigenvalue weighted by Crippen LogP contribution is 2.22. The fraction of sp³-hybridized carbons (Fsp3) is 0.650. The van der Waals surface area contributed by atoms with Gasteiger partial charge in [0.05, 0.1) is 19.8 Å². The van der Waals surface area contributed by atoms with Crippen LogP contribution in [0.4, 0.5) is 13.2 Å². The fourth-order valence-corrected chi connectivity index (χ4v) is 3.72. The molecule has 2 fully saturated rings. The molecule has 1 N–H and O–H groups in total. The molecule has 5 nitrogen and oxygen atoms in total. The lowest BCUT2D eigenvalue weighted by Gasteiger charge is -2.31. The van der Waals surface area contributed by atoms with E-state index in [-0.39, 0.29) is 11.8 Å². The standard InChI is InChI=1S/C20H28F3N3O2/c21-20(22,23)15-26-7-5-18(6-8-26)19(27)24-13-16-1-3-17(4-2-16)14-25-9-11-28-12-10-25/h1-4,18H,5-15H2,(H,24,27). The number of halogens is 3. The van der Waals surface area contributed by atoms with Crippen LogP contribution in [0, 0.1) is 5.92 Å². The molecule has 2 aliphatic rings. The van der Waals surface area contributed by atoms with Gasteiger partial charge >= 0.3 is 6.18 Å². The largest absolute Gasteiger partial charge is 0.401 e. The van der Waals surface area contributed by atoms with Crippen molar-refractivity contribution in [3.05, 3.63) is 35.4 Å². The Hall–Kier alpha value is -1.64. The van der Waals surface area contributed by atoms with Gasteiger partial charge in [-0.3, -0.25) is 14.6 Å². The molecule has 28 heavy (non-hydrogen) atoms. The van der Waals surface area contributed by atoms with Crippen LogP contribution in [0.5, 0.6) is 0 Å². The summed E-state index contributed by atoms with van der Waals surface area (Å²) in [5, 5.41) is 2.93. The van der Waals surface area contributed by atoms with Gasteiger partial charge in [0, 0.05) is 32.1 Å². The minimum atomic E-state index is -4.18. The number of likely N-dealkylation sites (tertiary alicyclic amines) is 1. The number of hydrogen-bond acceptors (Lipinski definition) is 4. The van der Waals surface area contributed by atoms with Gasteiger partial charge in [0.1, 0.15) is 0 Å². The predicted octanol–water partition coefficient (Wildman–Crippen LogP) is 2.41. The first-order chi connectivity index (χ1) is 13.4. The molecule has 1 aromatic carbocycles. The first kappa shape index (κ1) is 21.1. The van der Waals surface area contributed by atoms with Crippen LogP contribution in [0.3, 0.4) is 0 Å². The molecular formula is C20H28F3N3O2. The second kappa shape index (κ2) is 9.71. The van der Waals surface area contributed by atoms with Crippen LogP contribution in [-0.2, 0) is 22.6 Å². The Balaban J connectivity index is 1.38. The number of nitrogens with one attached hydrogen (secondary N) is 1. The molecule has 1 amide bonds. The second-order valence-electron chi connectivity index (χ2n) is 7.59. The normalized spacial score (nSPS) is 20.2. The van der Waals surface area contributed by atoms with E-state index in [9.17, 15) is 18.0 Å². The number of rotatable bonds is 6. The number of amides is 1.